The summed E-state index contributed by atoms with van der Waals surface area (Å²) in [4.78, 5) is 24.9. The van der Waals surface area contributed by atoms with Crippen LogP contribution in [0.15, 0.2) is 18.2 Å². The minimum absolute atomic E-state index is 0.150. The molecule has 0 saturated carbocycles. The molecule has 1 aromatic carbocycles. The number of esters is 1. The summed E-state index contributed by atoms with van der Waals surface area (Å²) in [5, 5.41) is 0.839. The van der Waals surface area contributed by atoms with Crippen molar-refractivity contribution in [3.8, 4) is 5.75 Å². The molecule has 7 heteroatoms. The number of nitrogens with zero attached hydrogens (tertiary/aromatic N) is 1. The van der Waals surface area contributed by atoms with Gasteiger partial charge in [-0.15, -0.1) is 0 Å². The fourth-order valence-corrected chi connectivity index (χ4v) is 2.25. The third kappa shape index (κ3) is 6.12. The van der Waals surface area contributed by atoms with Crippen molar-refractivity contribution in [2.45, 2.75) is 19.8 Å². The predicted octanol–water partition coefficient (Wildman–Crippen LogP) is 3.17. The van der Waals surface area contributed by atoms with Crippen molar-refractivity contribution in [2.75, 3.05) is 26.8 Å². The standard InChI is InChI=1S/C15H19Cl2NO4/c1-3-7-18(8-6-15(20)21-2)14(19)10-22-13-5-4-11(16)9-12(13)17/h4-5,9H,3,6-8,10H2,1-2H3. The van der Waals surface area contributed by atoms with E-state index >= 15 is 0 Å². The van der Waals surface area contributed by atoms with Gasteiger partial charge in [-0.05, 0) is 24.6 Å². The fourth-order valence-electron chi connectivity index (χ4n) is 1.78. The van der Waals surface area contributed by atoms with E-state index in [1.165, 1.54) is 7.11 Å². The molecule has 0 aromatic heterocycles. The molecule has 122 valence electrons. The molecule has 0 fully saturated rings. The monoisotopic (exact) mass is 347 g/mol. The highest BCUT2D eigenvalue weighted by molar-refractivity contribution is 6.35. The largest absolute Gasteiger partial charge is 0.482 e. The number of amides is 1. The van der Waals surface area contributed by atoms with Gasteiger partial charge in [-0.2, -0.15) is 0 Å². The molecular weight excluding hydrogens is 329 g/mol. The normalized spacial score (nSPS) is 10.2. The molecule has 0 aliphatic rings. The van der Waals surface area contributed by atoms with Crippen molar-refractivity contribution in [3.63, 3.8) is 0 Å². The summed E-state index contributed by atoms with van der Waals surface area (Å²) < 4.78 is 9.99. The Balaban J connectivity index is 2.57. The van der Waals surface area contributed by atoms with E-state index in [9.17, 15) is 9.59 Å². The van der Waals surface area contributed by atoms with Gasteiger partial charge in [-0.25, -0.2) is 0 Å². The van der Waals surface area contributed by atoms with Crippen molar-refractivity contribution in [1.29, 1.82) is 0 Å². The second-order valence-corrected chi connectivity index (χ2v) is 5.41. The van der Waals surface area contributed by atoms with Crippen LogP contribution in [0.1, 0.15) is 19.8 Å². The van der Waals surface area contributed by atoms with Crippen molar-refractivity contribution in [1.82, 2.24) is 4.90 Å². The van der Waals surface area contributed by atoms with Crippen LogP contribution in [0.2, 0.25) is 10.0 Å². The van der Waals surface area contributed by atoms with Gasteiger partial charge in [0.25, 0.3) is 5.91 Å². The first kappa shape index (κ1) is 18.6. The van der Waals surface area contributed by atoms with E-state index in [4.69, 9.17) is 27.9 Å². The molecule has 0 radical (unpaired) electrons. The number of hydrogen-bond acceptors (Lipinski definition) is 4. The van der Waals surface area contributed by atoms with Gasteiger partial charge in [0.2, 0.25) is 0 Å². The number of carbonyl (C=O) groups is 2. The lowest BCUT2D eigenvalue weighted by Crippen LogP contribution is -2.37. The number of carbonyl (C=O) groups excluding carboxylic acids is 2. The number of methoxy groups -OCH3 is 1. The van der Waals surface area contributed by atoms with E-state index in [1.54, 1.807) is 23.1 Å². The van der Waals surface area contributed by atoms with Crippen molar-refractivity contribution < 1.29 is 19.1 Å². The summed E-state index contributed by atoms with van der Waals surface area (Å²) in [5.41, 5.74) is 0. The number of ether oxygens (including phenoxy) is 2. The van der Waals surface area contributed by atoms with E-state index < -0.39 is 0 Å². The quantitative estimate of drug-likeness (QED) is 0.677. The van der Waals surface area contributed by atoms with Crippen LogP contribution in [-0.2, 0) is 14.3 Å². The summed E-state index contributed by atoms with van der Waals surface area (Å²) >= 11 is 11.8. The molecule has 22 heavy (non-hydrogen) atoms. The fraction of sp³-hybridized carbons (Fsp3) is 0.467. The summed E-state index contributed by atoms with van der Waals surface area (Å²) in [7, 11) is 1.32. The van der Waals surface area contributed by atoms with Gasteiger partial charge < -0.3 is 14.4 Å². The predicted molar refractivity (Wildman–Crippen MR) is 85.5 cm³/mol. The van der Waals surface area contributed by atoms with Crippen LogP contribution >= 0.6 is 23.2 Å². The smallest absolute Gasteiger partial charge is 0.307 e. The van der Waals surface area contributed by atoms with Gasteiger partial charge in [-0.1, -0.05) is 30.1 Å². The maximum atomic E-state index is 12.2. The minimum Gasteiger partial charge on any atom is -0.482 e. The molecule has 0 aliphatic heterocycles. The maximum absolute atomic E-state index is 12.2. The molecule has 0 saturated heterocycles. The van der Waals surface area contributed by atoms with Crippen molar-refractivity contribution in [2.24, 2.45) is 0 Å². The average molecular weight is 348 g/mol. The average Bonchev–Trinajstić information content (AvgIpc) is 2.49. The van der Waals surface area contributed by atoms with Crippen LogP contribution in [0, 0.1) is 0 Å². The topological polar surface area (TPSA) is 55.8 Å². The lowest BCUT2D eigenvalue weighted by Gasteiger charge is -2.21. The van der Waals surface area contributed by atoms with Crippen LogP contribution in [0.3, 0.4) is 0 Å². The molecule has 0 spiro atoms. The maximum Gasteiger partial charge on any atom is 0.307 e. The summed E-state index contributed by atoms with van der Waals surface area (Å²) in [6.07, 6.45) is 0.943. The Morgan fingerprint density at radius 3 is 2.55 bits per heavy atom. The van der Waals surface area contributed by atoms with E-state index in [2.05, 4.69) is 4.74 Å². The third-order valence-corrected chi connectivity index (χ3v) is 3.44. The zero-order valence-corrected chi connectivity index (χ0v) is 14.1. The van der Waals surface area contributed by atoms with Gasteiger partial charge in [0.15, 0.2) is 6.61 Å². The summed E-state index contributed by atoms with van der Waals surface area (Å²) in [6, 6.07) is 4.79. The number of halogens is 2. The first-order chi connectivity index (χ1) is 10.5. The van der Waals surface area contributed by atoms with E-state index in [-0.39, 0.29) is 24.9 Å². The van der Waals surface area contributed by atoms with Crippen LogP contribution in [0.25, 0.3) is 0 Å². The highest BCUT2D eigenvalue weighted by atomic mass is 35.5. The molecule has 0 N–H and O–H groups in total. The highest BCUT2D eigenvalue weighted by Gasteiger charge is 2.15. The Kier molecular flexibility index (Phi) is 8.06. The Bertz CT molecular complexity index is 522. The molecule has 0 atom stereocenters. The molecular formula is C15H19Cl2NO4. The van der Waals surface area contributed by atoms with Gasteiger partial charge >= 0.3 is 5.97 Å². The molecule has 0 unspecified atom stereocenters. The van der Waals surface area contributed by atoms with Crippen LogP contribution < -0.4 is 4.74 Å². The van der Waals surface area contributed by atoms with Crippen molar-refractivity contribution >= 4 is 35.1 Å². The second kappa shape index (κ2) is 9.54. The molecule has 5 nitrogen and oxygen atoms in total. The number of rotatable bonds is 8. The highest BCUT2D eigenvalue weighted by Crippen LogP contribution is 2.27. The molecule has 0 bridgehead atoms. The summed E-state index contributed by atoms with van der Waals surface area (Å²) in [5.74, 6) is -0.170. The van der Waals surface area contributed by atoms with E-state index in [0.29, 0.717) is 28.9 Å². The van der Waals surface area contributed by atoms with E-state index in [1.807, 2.05) is 6.92 Å². The molecule has 0 aliphatic carbocycles. The van der Waals surface area contributed by atoms with Gasteiger partial charge in [0.1, 0.15) is 5.75 Å². The summed E-state index contributed by atoms with van der Waals surface area (Å²) in [6.45, 7) is 2.66. The zero-order chi connectivity index (χ0) is 16.5. The Labute approximate surface area is 140 Å². The molecule has 1 amide bonds. The lowest BCUT2D eigenvalue weighted by molar-refractivity contribution is -0.142. The Hall–Kier alpha value is -1.46. The minimum atomic E-state index is -0.351. The first-order valence-electron chi connectivity index (χ1n) is 6.90. The van der Waals surface area contributed by atoms with Gasteiger partial charge in [0, 0.05) is 18.1 Å². The third-order valence-electron chi connectivity index (χ3n) is 2.90. The second-order valence-electron chi connectivity index (χ2n) is 4.57. The zero-order valence-electron chi connectivity index (χ0n) is 12.6. The molecule has 1 aromatic rings. The van der Waals surface area contributed by atoms with Gasteiger partial charge in [-0.3, -0.25) is 9.59 Å². The number of benzene rings is 1. The first-order valence-corrected chi connectivity index (χ1v) is 7.66. The van der Waals surface area contributed by atoms with Crippen LogP contribution in [0.4, 0.5) is 0 Å². The Morgan fingerprint density at radius 1 is 1.23 bits per heavy atom. The van der Waals surface area contributed by atoms with Crippen LogP contribution in [-0.4, -0.2) is 43.6 Å². The Morgan fingerprint density at radius 2 is 1.95 bits per heavy atom. The van der Waals surface area contributed by atoms with Gasteiger partial charge in [0.05, 0.1) is 18.6 Å². The van der Waals surface area contributed by atoms with Crippen molar-refractivity contribution in [3.05, 3.63) is 28.2 Å². The lowest BCUT2D eigenvalue weighted by atomic mass is 10.3. The molecule has 1 rings (SSSR count). The van der Waals surface area contributed by atoms with Crippen LogP contribution in [0.5, 0.6) is 5.75 Å². The number of hydrogen-bond donors (Lipinski definition) is 0. The van der Waals surface area contributed by atoms with E-state index in [0.717, 1.165) is 6.42 Å². The molecule has 0 heterocycles. The SMILES string of the molecule is CCCN(CCC(=O)OC)C(=O)COc1ccc(Cl)cc1Cl.